The third-order valence-corrected chi connectivity index (χ3v) is 4.85. The van der Waals surface area contributed by atoms with E-state index < -0.39 is 6.09 Å². The molecule has 0 spiro atoms. The molecule has 0 unspecified atom stereocenters. The normalized spacial score (nSPS) is 13.8. The highest BCUT2D eigenvalue weighted by atomic mass is 16.5. The number of para-hydroxylation sites is 1. The van der Waals surface area contributed by atoms with Crippen LogP contribution < -0.4 is 15.5 Å². The lowest BCUT2D eigenvalue weighted by molar-refractivity contribution is -0.119. The van der Waals surface area contributed by atoms with E-state index in [4.69, 9.17) is 4.74 Å². The van der Waals surface area contributed by atoms with Gasteiger partial charge in [-0.25, -0.2) is 4.79 Å². The summed E-state index contributed by atoms with van der Waals surface area (Å²) in [4.78, 5) is 27.0. The van der Waals surface area contributed by atoms with Crippen molar-refractivity contribution < 1.29 is 14.3 Å². The molecule has 1 heterocycles. The molecule has 1 aliphatic rings. The number of ether oxygens (including phenoxy) is 1. The number of rotatable bonds is 5. The highest BCUT2D eigenvalue weighted by molar-refractivity contribution is 6.05. The van der Waals surface area contributed by atoms with E-state index in [0.717, 1.165) is 35.3 Å². The maximum absolute atomic E-state index is 13.4. The zero-order valence-electron chi connectivity index (χ0n) is 16.6. The van der Waals surface area contributed by atoms with Crippen molar-refractivity contribution in [2.45, 2.75) is 39.7 Å². The van der Waals surface area contributed by atoms with Crippen LogP contribution in [-0.2, 0) is 22.4 Å². The summed E-state index contributed by atoms with van der Waals surface area (Å²) in [5.41, 5.74) is 4.50. The maximum Gasteiger partial charge on any atom is 0.411 e. The van der Waals surface area contributed by atoms with Crippen molar-refractivity contribution in [1.82, 2.24) is 5.32 Å². The third-order valence-electron chi connectivity index (χ3n) is 4.85. The second kappa shape index (κ2) is 8.89. The SMILES string of the molecule is CCN[C@@H](C)C(=O)N1c2ccccc2CCc2ccc(NC(=O)OCC)cc21. The molecule has 0 bridgehead atoms. The van der Waals surface area contributed by atoms with Crippen molar-refractivity contribution in [2.75, 3.05) is 23.4 Å². The van der Waals surface area contributed by atoms with Crippen LogP contribution in [0.4, 0.5) is 21.9 Å². The van der Waals surface area contributed by atoms with E-state index in [2.05, 4.69) is 16.7 Å². The summed E-state index contributed by atoms with van der Waals surface area (Å²) in [6.07, 6.45) is 1.17. The number of carbonyl (C=O) groups is 2. The van der Waals surface area contributed by atoms with Crippen LogP contribution in [0.2, 0.25) is 0 Å². The summed E-state index contributed by atoms with van der Waals surface area (Å²) in [7, 11) is 0. The molecule has 2 aromatic carbocycles. The average molecular weight is 381 g/mol. The quantitative estimate of drug-likeness (QED) is 0.821. The zero-order chi connectivity index (χ0) is 20.1. The van der Waals surface area contributed by atoms with Gasteiger partial charge in [-0.3, -0.25) is 15.0 Å². The average Bonchev–Trinajstić information content (AvgIpc) is 2.84. The Kier molecular flexibility index (Phi) is 6.31. The number of anilines is 3. The fourth-order valence-electron chi connectivity index (χ4n) is 3.51. The van der Waals surface area contributed by atoms with Crippen LogP contribution in [0.25, 0.3) is 0 Å². The number of likely N-dealkylation sites (N-methyl/N-ethyl adjacent to an activating group) is 1. The van der Waals surface area contributed by atoms with Gasteiger partial charge in [-0.05, 0) is 62.6 Å². The van der Waals surface area contributed by atoms with E-state index >= 15 is 0 Å². The second-order valence-electron chi connectivity index (χ2n) is 6.77. The molecule has 3 rings (SSSR count). The molecule has 6 heteroatoms. The minimum atomic E-state index is -0.504. The van der Waals surface area contributed by atoms with Crippen molar-refractivity contribution in [3.63, 3.8) is 0 Å². The lowest BCUT2D eigenvalue weighted by Gasteiger charge is -2.28. The fourth-order valence-corrected chi connectivity index (χ4v) is 3.51. The second-order valence-corrected chi connectivity index (χ2v) is 6.77. The Labute approximate surface area is 165 Å². The number of fused-ring (bicyclic) bond motifs is 2. The van der Waals surface area contributed by atoms with Crippen LogP contribution in [-0.4, -0.2) is 31.2 Å². The lowest BCUT2D eigenvalue weighted by Crippen LogP contribution is -2.43. The minimum absolute atomic E-state index is 0.0225. The van der Waals surface area contributed by atoms with Gasteiger partial charge in [0.2, 0.25) is 5.91 Å². The number of hydrogen-bond donors (Lipinski definition) is 2. The van der Waals surface area contributed by atoms with Crippen LogP contribution in [0.3, 0.4) is 0 Å². The number of aryl methyl sites for hydroxylation is 2. The molecular weight excluding hydrogens is 354 g/mol. The van der Waals surface area contributed by atoms with Crippen molar-refractivity contribution in [1.29, 1.82) is 0 Å². The summed E-state index contributed by atoms with van der Waals surface area (Å²) in [6.45, 7) is 6.62. The highest BCUT2D eigenvalue weighted by Gasteiger charge is 2.29. The first kappa shape index (κ1) is 19.9. The number of amides is 2. The summed E-state index contributed by atoms with van der Waals surface area (Å²) >= 11 is 0. The summed E-state index contributed by atoms with van der Waals surface area (Å²) < 4.78 is 4.97. The van der Waals surface area contributed by atoms with E-state index in [1.54, 1.807) is 11.8 Å². The molecule has 6 nitrogen and oxygen atoms in total. The van der Waals surface area contributed by atoms with Gasteiger partial charge in [0.15, 0.2) is 0 Å². The summed E-state index contributed by atoms with van der Waals surface area (Å²) in [5.74, 6) is -0.0225. The van der Waals surface area contributed by atoms with E-state index in [1.807, 2.05) is 50.2 Å². The predicted molar refractivity (Wildman–Crippen MR) is 111 cm³/mol. The Morgan fingerprint density at radius 1 is 1.07 bits per heavy atom. The number of benzene rings is 2. The molecule has 2 N–H and O–H groups in total. The molecule has 0 radical (unpaired) electrons. The topological polar surface area (TPSA) is 70.7 Å². The first-order valence-electron chi connectivity index (χ1n) is 9.77. The molecule has 0 saturated heterocycles. The molecular formula is C22H27N3O3. The molecule has 0 aromatic heterocycles. The van der Waals surface area contributed by atoms with Crippen LogP contribution in [0.5, 0.6) is 0 Å². The predicted octanol–water partition coefficient (Wildman–Crippen LogP) is 4.02. The fraction of sp³-hybridized carbons (Fsp3) is 0.364. The molecule has 2 aromatic rings. The molecule has 0 fully saturated rings. The van der Waals surface area contributed by atoms with Crippen LogP contribution in [0.15, 0.2) is 42.5 Å². The molecule has 0 saturated carbocycles. The van der Waals surface area contributed by atoms with Gasteiger partial charge in [0, 0.05) is 5.69 Å². The highest BCUT2D eigenvalue weighted by Crippen LogP contribution is 2.38. The Bertz CT molecular complexity index is 866. The Morgan fingerprint density at radius 2 is 1.79 bits per heavy atom. The molecule has 0 aliphatic carbocycles. The zero-order valence-corrected chi connectivity index (χ0v) is 16.6. The Balaban J connectivity index is 2.06. The lowest BCUT2D eigenvalue weighted by atomic mass is 10.0. The van der Waals surface area contributed by atoms with Gasteiger partial charge in [0.1, 0.15) is 0 Å². The maximum atomic E-state index is 13.4. The van der Waals surface area contributed by atoms with Gasteiger partial charge in [-0.15, -0.1) is 0 Å². The van der Waals surface area contributed by atoms with Crippen molar-refractivity contribution in [2.24, 2.45) is 0 Å². The first-order valence-corrected chi connectivity index (χ1v) is 9.77. The summed E-state index contributed by atoms with van der Waals surface area (Å²) in [6, 6.07) is 13.3. The van der Waals surface area contributed by atoms with Crippen molar-refractivity contribution in [3.05, 3.63) is 53.6 Å². The molecule has 28 heavy (non-hydrogen) atoms. The molecule has 148 valence electrons. The molecule has 2 amide bonds. The van der Waals surface area contributed by atoms with E-state index in [-0.39, 0.29) is 11.9 Å². The van der Waals surface area contributed by atoms with Gasteiger partial charge >= 0.3 is 6.09 Å². The number of nitrogens with zero attached hydrogens (tertiary/aromatic N) is 1. The van der Waals surface area contributed by atoms with Crippen LogP contribution >= 0.6 is 0 Å². The van der Waals surface area contributed by atoms with E-state index in [1.165, 1.54) is 0 Å². The number of hydrogen-bond acceptors (Lipinski definition) is 4. The van der Waals surface area contributed by atoms with Crippen LogP contribution in [0.1, 0.15) is 31.9 Å². The van der Waals surface area contributed by atoms with Crippen molar-refractivity contribution in [3.8, 4) is 0 Å². The Hall–Kier alpha value is -2.86. The van der Waals surface area contributed by atoms with Gasteiger partial charge < -0.3 is 10.1 Å². The first-order chi connectivity index (χ1) is 13.5. The molecule has 1 aliphatic heterocycles. The van der Waals surface area contributed by atoms with Crippen LogP contribution in [0, 0.1) is 0 Å². The van der Waals surface area contributed by atoms with E-state index in [9.17, 15) is 9.59 Å². The van der Waals surface area contributed by atoms with Gasteiger partial charge in [0.25, 0.3) is 0 Å². The summed E-state index contributed by atoms with van der Waals surface area (Å²) in [5, 5.41) is 5.94. The third kappa shape index (κ3) is 4.17. The van der Waals surface area contributed by atoms with E-state index in [0.29, 0.717) is 18.8 Å². The largest absolute Gasteiger partial charge is 0.450 e. The number of nitrogens with one attached hydrogen (secondary N) is 2. The monoisotopic (exact) mass is 381 g/mol. The Morgan fingerprint density at radius 3 is 2.50 bits per heavy atom. The van der Waals surface area contributed by atoms with Gasteiger partial charge in [-0.2, -0.15) is 0 Å². The van der Waals surface area contributed by atoms with Crippen molar-refractivity contribution >= 4 is 29.1 Å². The van der Waals surface area contributed by atoms with Gasteiger partial charge in [0.05, 0.1) is 24.0 Å². The van der Waals surface area contributed by atoms with Gasteiger partial charge in [-0.1, -0.05) is 31.2 Å². The number of carbonyl (C=O) groups excluding carboxylic acids is 2. The molecule has 1 atom stereocenters. The standard InChI is InChI=1S/C22H27N3O3/c1-4-23-15(3)21(26)25-19-9-7-6-8-16(19)10-11-17-12-13-18(14-20(17)25)24-22(27)28-5-2/h6-9,12-15,23H,4-5,10-11H2,1-3H3,(H,24,27)/t15-/m0/s1. The minimum Gasteiger partial charge on any atom is -0.450 e. The smallest absolute Gasteiger partial charge is 0.411 e.